The minimum Gasteiger partial charge on any atom is -0.494 e. The maximum atomic E-state index is 12.1. The molecule has 0 aliphatic heterocycles. The van der Waals surface area contributed by atoms with Crippen LogP contribution in [0.2, 0.25) is 0 Å². The van der Waals surface area contributed by atoms with Crippen LogP contribution in [-0.2, 0) is 17.6 Å². The van der Waals surface area contributed by atoms with Crippen LogP contribution in [0.5, 0.6) is 5.75 Å². The summed E-state index contributed by atoms with van der Waals surface area (Å²) in [5, 5.41) is 3.03. The van der Waals surface area contributed by atoms with Crippen molar-refractivity contribution >= 4 is 5.91 Å². The van der Waals surface area contributed by atoms with Gasteiger partial charge in [-0.15, -0.1) is 0 Å². The van der Waals surface area contributed by atoms with E-state index < -0.39 is 0 Å². The van der Waals surface area contributed by atoms with Crippen LogP contribution in [0.25, 0.3) is 0 Å². The molecule has 5 nitrogen and oxygen atoms in total. The highest BCUT2D eigenvalue weighted by Crippen LogP contribution is 2.20. The molecule has 0 aliphatic rings. The second-order valence-electron chi connectivity index (χ2n) is 6.26. The molecule has 0 spiro atoms. The molecular weight excluding hydrogens is 314 g/mol. The molecule has 0 bridgehead atoms. The van der Waals surface area contributed by atoms with E-state index in [9.17, 15) is 4.79 Å². The van der Waals surface area contributed by atoms with Crippen LogP contribution >= 0.6 is 0 Å². The molecule has 1 N–H and O–H groups in total. The maximum absolute atomic E-state index is 12.1. The maximum Gasteiger partial charge on any atom is 0.220 e. The number of amides is 1. The van der Waals surface area contributed by atoms with E-state index in [2.05, 4.69) is 34.3 Å². The fourth-order valence-electron chi connectivity index (χ4n) is 2.78. The second-order valence-corrected chi connectivity index (χ2v) is 6.26. The topological polar surface area (TPSA) is 64.1 Å². The van der Waals surface area contributed by atoms with Gasteiger partial charge in [0, 0.05) is 37.5 Å². The van der Waals surface area contributed by atoms with Crippen molar-refractivity contribution < 1.29 is 9.53 Å². The zero-order chi connectivity index (χ0) is 18.1. The third-order valence-electron chi connectivity index (χ3n) is 3.95. The van der Waals surface area contributed by atoms with Crippen LogP contribution in [-0.4, -0.2) is 28.5 Å². The molecule has 1 heterocycles. The van der Waals surface area contributed by atoms with E-state index >= 15 is 0 Å². The average Bonchev–Trinajstić information content (AvgIpc) is 2.58. The molecule has 0 fully saturated rings. The normalized spacial score (nSPS) is 11.8. The van der Waals surface area contributed by atoms with E-state index in [-0.39, 0.29) is 11.9 Å². The van der Waals surface area contributed by atoms with Crippen molar-refractivity contribution in [3.63, 3.8) is 0 Å². The summed E-state index contributed by atoms with van der Waals surface area (Å²) < 4.78 is 5.55. The van der Waals surface area contributed by atoms with Gasteiger partial charge in [-0.1, -0.05) is 12.1 Å². The van der Waals surface area contributed by atoms with Crippen molar-refractivity contribution in [2.45, 2.75) is 52.5 Å². The highest BCUT2D eigenvalue weighted by atomic mass is 16.5. The summed E-state index contributed by atoms with van der Waals surface area (Å²) in [6.45, 7) is 6.70. The van der Waals surface area contributed by atoms with Crippen molar-refractivity contribution in [2.24, 2.45) is 0 Å². The largest absolute Gasteiger partial charge is 0.494 e. The Balaban J connectivity index is 1.72. The molecule has 1 atom stereocenters. The van der Waals surface area contributed by atoms with Crippen molar-refractivity contribution in [1.29, 1.82) is 0 Å². The molecule has 25 heavy (non-hydrogen) atoms. The minimum absolute atomic E-state index is 0.0527. The summed E-state index contributed by atoms with van der Waals surface area (Å²) in [5.74, 6) is 1.01. The summed E-state index contributed by atoms with van der Waals surface area (Å²) in [6.07, 6.45) is 7.99. The van der Waals surface area contributed by atoms with Crippen molar-refractivity contribution in [1.82, 2.24) is 15.3 Å². The first-order valence-corrected chi connectivity index (χ1v) is 8.85. The second kappa shape index (κ2) is 9.77. The molecule has 0 radical (unpaired) electrons. The van der Waals surface area contributed by atoms with Gasteiger partial charge in [0.15, 0.2) is 0 Å². The Labute approximate surface area is 149 Å². The Bertz CT molecular complexity index is 674. The van der Waals surface area contributed by atoms with Crippen LogP contribution in [0, 0.1) is 6.92 Å². The number of ether oxygens (including phenoxy) is 1. The van der Waals surface area contributed by atoms with Crippen molar-refractivity contribution in [2.75, 3.05) is 6.61 Å². The molecule has 1 aromatic heterocycles. The third kappa shape index (κ3) is 6.53. The van der Waals surface area contributed by atoms with Gasteiger partial charge in [0.1, 0.15) is 5.75 Å². The molecule has 2 rings (SSSR count). The number of hydrogen-bond donors (Lipinski definition) is 1. The van der Waals surface area contributed by atoms with Gasteiger partial charge in [-0.05, 0) is 50.8 Å². The number of rotatable bonds is 9. The molecule has 134 valence electrons. The van der Waals surface area contributed by atoms with Gasteiger partial charge in [-0.2, -0.15) is 0 Å². The molecule has 0 saturated heterocycles. The monoisotopic (exact) mass is 341 g/mol. The molecule has 0 aliphatic carbocycles. The SMILES string of the molecule is CCOc1ccc(CCCC(=O)N[C@@H](C)Cc2cnccn2)cc1C. The van der Waals surface area contributed by atoms with Gasteiger partial charge < -0.3 is 10.1 Å². The fourth-order valence-corrected chi connectivity index (χ4v) is 2.78. The molecule has 1 amide bonds. The zero-order valence-electron chi connectivity index (χ0n) is 15.3. The van der Waals surface area contributed by atoms with Crippen LogP contribution < -0.4 is 10.1 Å². The lowest BCUT2D eigenvalue weighted by atomic mass is 10.0. The molecule has 0 unspecified atom stereocenters. The first-order chi connectivity index (χ1) is 12.1. The summed E-state index contributed by atoms with van der Waals surface area (Å²) in [5.41, 5.74) is 3.27. The Hall–Kier alpha value is -2.43. The Kier molecular flexibility index (Phi) is 7.38. The summed E-state index contributed by atoms with van der Waals surface area (Å²) in [6, 6.07) is 6.28. The molecule has 5 heteroatoms. The van der Waals surface area contributed by atoms with Crippen LogP contribution in [0.4, 0.5) is 0 Å². The number of aryl methyl sites for hydroxylation is 2. The smallest absolute Gasteiger partial charge is 0.220 e. The van der Waals surface area contributed by atoms with E-state index in [0.717, 1.165) is 29.8 Å². The number of nitrogens with one attached hydrogen (secondary N) is 1. The fraction of sp³-hybridized carbons (Fsp3) is 0.450. The van der Waals surface area contributed by atoms with Gasteiger partial charge in [0.2, 0.25) is 5.91 Å². The van der Waals surface area contributed by atoms with Crippen molar-refractivity contribution in [3.8, 4) is 5.75 Å². The Morgan fingerprint density at radius 2 is 2.16 bits per heavy atom. The number of carbonyl (C=O) groups is 1. The van der Waals surface area contributed by atoms with Crippen molar-refractivity contribution in [3.05, 3.63) is 53.6 Å². The van der Waals surface area contributed by atoms with E-state index in [1.807, 2.05) is 19.9 Å². The van der Waals surface area contributed by atoms with Gasteiger partial charge in [-0.25, -0.2) is 0 Å². The lowest BCUT2D eigenvalue weighted by Gasteiger charge is -2.13. The lowest BCUT2D eigenvalue weighted by Crippen LogP contribution is -2.34. The van der Waals surface area contributed by atoms with E-state index in [1.165, 1.54) is 5.56 Å². The highest BCUT2D eigenvalue weighted by Gasteiger charge is 2.09. The van der Waals surface area contributed by atoms with Crippen LogP contribution in [0.3, 0.4) is 0 Å². The minimum atomic E-state index is 0.0527. The van der Waals surface area contributed by atoms with E-state index in [0.29, 0.717) is 19.4 Å². The summed E-state index contributed by atoms with van der Waals surface area (Å²) in [4.78, 5) is 20.3. The summed E-state index contributed by atoms with van der Waals surface area (Å²) >= 11 is 0. The summed E-state index contributed by atoms with van der Waals surface area (Å²) in [7, 11) is 0. The standard InChI is InChI=1S/C20H27N3O2/c1-4-25-19-9-8-17(12-15(19)2)6-5-7-20(24)23-16(3)13-18-14-21-10-11-22-18/h8-12,14,16H,4-7,13H2,1-3H3,(H,23,24)/t16-/m0/s1. The quantitative estimate of drug-likeness (QED) is 0.760. The number of carbonyl (C=O) groups excluding carboxylic acids is 1. The van der Waals surface area contributed by atoms with Crippen LogP contribution in [0.15, 0.2) is 36.8 Å². The Morgan fingerprint density at radius 1 is 1.32 bits per heavy atom. The predicted molar refractivity (Wildman–Crippen MR) is 98.6 cm³/mol. The molecule has 2 aromatic rings. The number of benzene rings is 1. The number of aromatic nitrogens is 2. The lowest BCUT2D eigenvalue weighted by molar-refractivity contribution is -0.121. The zero-order valence-corrected chi connectivity index (χ0v) is 15.3. The van der Waals surface area contributed by atoms with Gasteiger partial charge in [0.05, 0.1) is 12.3 Å². The highest BCUT2D eigenvalue weighted by molar-refractivity contribution is 5.76. The molecular formula is C20H27N3O2. The van der Waals surface area contributed by atoms with Crippen LogP contribution in [0.1, 0.15) is 43.5 Å². The van der Waals surface area contributed by atoms with Gasteiger partial charge in [-0.3, -0.25) is 14.8 Å². The Morgan fingerprint density at radius 3 is 2.84 bits per heavy atom. The number of hydrogen-bond acceptors (Lipinski definition) is 4. The van der Waals surface area contributed by atoms with E-state index in [1.54, 1.807) is 18.6 Å². The van der Waals surface area contributed by atoms with Gasteiger partial charge in [0.25, 0.3) is 0 Å². The van der Waals surface area contributed by atoms with Gasteiger partial charge >= 0.3 is 0 Å². The van der Waals surface area contributed by atoms with E-state index in [4.69, 9.17) is 4.74 Å². The molecule has 1 aromatic carbocycles. The average molecular weight is 341 g/mol. The number of nitrogens with zero attached hydrogens (tertiary/aromatic N) is 2. The predicted octanol–water partition coefficient (Wildman–Crippen LogP) is 3.25. The third-order valence-corrected chi connectivity index (χ3v) is 3.95. The molecule has 0 saturated carbocycles. The first-order valence-electron chi connectivity index (χ1n) is 8.85. The first kappa shape index (κ1) is 18.9.